The van der Waals surface area contributed by atoms with Crippen LogP contribution in [0.5, 0.6) is 0 Å². The van der Waals surface area contributed by atoms with E-state index in [4.69, 9.17) is 5.11 Å². The summed E-state index contributed by atoms with van der Waals surface area (Å²) in [6.07, 6.45) is 3.77. The van der Waals surface area contributed by atoms with Gasteiger partial charge in [-0.3, -0.25) is 4.79 Å². The van der Waals surface area contributed by atoms with Crippen LogP contribution in [0.1, 0.15) is 5.56 Å². The minimum atomic E-state index is -0.805. The summed E-state index contributed by atoms with van der Waals surface area (Å²) in [7, 11) is 0. The van der Waals surface area contributed by atoms with Crippen molar-refractivity contribution in [3.8, 4) is 5.69 Å². The Balaban J connectivity index is 2.24. The number of carboxylic acid groups (broad SMARTS) is 1. The van der Waals surface area contributed by atoms with Crippen molar-refractivity contribution in [2.24, 2.45) is 0 Å². The van der Waals surface area contributed by atoms with Gasteiger partial charge in [0.25, 0.3) is 0 Å². The molecule has 0 aliphatic heterocycles. The molecule has 0 aliphatic carbocycles. The second-order valence-electron chi connectivity index (χ2n) is 3.33. The van der Waals surface area contributed by atoms with Crippen molar-refractivity contribution < 1.29 is 9.90 Å². The maximum absolute atomic E-state index is 10.5. The van der Waals surface area contributed by atoms with Crippen LogP contribution in [0.15, 0.2) is 48.8 Å². The molecule has 0 radical (unpaired) electrons. The number of rotatable bonds is 3. The van der Waals surface area contributed by atoms with Gasteiger partial charge in [-0.15, -0.1) is 0 Å². The number of hydrogen-bond acceptors (Lipinski definition) is 1. The number of hydrogen-bond donors (Lipinski definition) is 1. The lowest BCUT2D eigenvalue weighted by atomic mass is 10.2. The lowest BCUT2D eigenvalue weighted by molar-refractivity contribution is -0.136. The van der Waals surface area contributed by atoms with Crippen molar-refractivity contribution in [3.63, 3.8) is 0 Å². The van der Waals surface area contributed by atoms with Crippen LogP contribution in [0.25, 0.3) is 5.69 Å². The smallest absolute Gasteiger partial charge is 0.307 e. The van der Waals surface area contributed by atoms with Gasteiger partial charge in [0.15, 0.2) is 0 Å². The van der Waals surface area contributed by atoms with Crippen molar-refractivity contribution >= 4 is 5.97 Å². The van der Waals surface area contributed by atoms with E-state index < -0.39 is 5.97 Å². The number of aromatic nitrogens is 1. The predicted molar refractivity (Wildman–Crippen MR) is 57.1 cm³/mol. The molecule has 15 heavy (non-hydrogen) atoms. The van der Waals surface area contributed by atoms with Gasteiger partial charge in [0, 0.05) is 18.1 Å². The van der Waals surface area contributed by atoms with E-state index in [0.29, 0.717) is 0 Å². The summed E-state index contributed by atoms with van der Waals surface area (Å²) in [5.74, 6) is -0.805. The third kappa shape index (κ3) is 2.26. The minimum absolute atomic E-state index is 0.0693. The van der Waals surface area contributed by atoms with Crippen LogP contribution in [0, 0.1) is 0 Å². The molecule has 1 heterocycles. The second-order valence-corrected chi connectivity index (χ2v) is 3.33. The molecule has 1 aromatic carbocycles. The lowest BCUT2D eigenvalue weighted by Crippen LogP contribution is -1.98. The van der Waals surface area contributed by atoms with Gasteiger partial charge in [-0.2, -0.15) is 0 Å². The Kier molecular flexibility index (Phi) is 2.54. The van der Waals surface area contributed by atoms with Crippen molar-refractivity contribution in [2.45, 2.75) is 6.42 Å². The maximum atomic E-state index is 10.5. The topological polar surface area (TPSA) is 42.2 Å². The van der Waals surface area contributed by atoms with Crippen LogP contribution in [0.2, 0.25) is 0 Å². The van der Waals surface area contributed by atoms with E-state index in [0.717, 1.165) is 11.3 Å². The second kappa shape index (κ2) is 4.00. The molecular weight excluding hydrogens is 190 g/mol. The van der Waals surface area contributed by atoms with E-state index in [1.807, 2.05) is 53.4 Å². The fourth-order valence-corrected chi connectivity index (χ4v) is 1.48. The van der Waals surface area contributed by atoms with Crippen LogP contribution >= 0.6 is 0 Å². The third-order valence-corrected chi connectivity index (χ3v) is 2.16. The molecule has 0 atom stereocenters. The Bertz CT molecular complexity index is 459. The first-order chi connectivity index (χ1) is 7.25. The van der Waals surface area contributed by atoms with Gasteiger partial charge in [-0.05, 0) is 23.8 Å². The first-order valence-corrected chi connectivity index (χ1v) is 4.70. The van der Waals surface area contributed by atoms with Gasteiger partial charge in [0.1, 0.15) is 0 Å². The molecule has 0 unspecified atom stereocenters. The zero-order valence-electron chi connectivity index (χ0n) is 8.13. The maximum Gasteiger partial charge on any atom is 0.307 e. The Morgan fingerprint density at radius 3 is 2.60 bits per heavy atom. The van der Waals surface area contributed by atoms with Crippen LogP contribution < -0.4 is 0 Å². The molecule has 2 aromatic rings. The number of aliphatic carboxylic acids is 1. The molecule has 3 nitrogen and oxygen atoms in total. The zero-order valence-corrected chi connectivity index (χ0v) is 8.13. The van der Waals surface area contributed by atoms with E-state index in [9.17, 15) is 4.79 Å². The van der Waals surface area contributed by atoms with E-state index >= 15 is 0 Å². The molecule has 0 spiro atoms. The normalized spacial score (nSPS) is 10.1. The highest BCUT2D eigenvalue weighted by molar-refractivity contribution is 5.70. The molecule has 0 bridgehead atoms. The number of para-hydroxylation sites is 1. The van der Waals surface area contributed by atoms with Crippen molar-refractivity contribution in [2.75, 3.05) is 0 Å². The van der Waals surface area contributed by atoms with Crippen LogP contribution in [-0.2, 0) is 11.2 Å². The molecule has 76 valence electrons. The summed E-state index contributed by atoms with van der Waals surface area (Å²) in [6.45, 7) is 0. The van der Waals surface area contributed by atoms with Gasteiger partial charge >= 0.3 is 5.97 Å². The molecule has 0 aliphatic rings. The molecule has 0 saturated heterocycles. The summed E-state index contributed by atoms with van der Waals surface area (Å²) in [6, 6.07) is 11.6. The summed E-state index contributed by atoms with van der Waals surface area (Å²) in [4.78, 5) is 10.5. The highest BCUT2D eigenvalue weighted by Crippen LogP contribution is 2.10. The van der Waals surface area contributed by atoms with E-state index in [1.54, 1.807) is 0 Å². The van der Waals surface area contributed by atoms with Crippen molar-refractivity contribution in [1.29, 1.82) is 0 Å². The van der Waals surface area contributed by atoms with Crippen molar-refractivity contribution in [3.05, 3.63) is 54.4 Å². The van der Waals surface area contributed by atoms with Gasteiger partial charge in [0.2, 0.25) is 0 Å². The van der Waals surface area contributed by atoms with Gasteiger partial charge in [-0.25, -0.2) is 0 Å². The predicted octanol–water partition coefficient (Wildman–Crippen LogP) is 2.10. The average Bonchev–Trinajstić information content (AvgIpc) is 2.67. The monoisotopic (exact) mass is 201 g/mol. The van der Waals surface area contributed by atoms with Crippen LogP contribution in [0.4, 0.5) is 0 Å². The Labute approximate surface area is 87.6 Å². The highest BCUT2D eigenvalue weighted by Gasteiger charge is 2.02. The Morgan fingerprint density at radius 2 is 1.93 bits per heavy atom. The van der Waals surface area contributed by atoms with Crippen LogP contribution in [-0.4, -0.2) is 15.6 Å². The van der Waals surface area contributed by atoms with E-state index in [1.165, 1.54) is 0 Å². The first kappa shape index (κ1) is 9.52. The molecule has 1 aromatic heterocycles. The first-order valence-electron chi connectivity index (χ1n) is 4.70. The Hall–Kier alpha value is -2.03. The summed E-state index contributed by atoms with van der Waals surface area (Å²) in [5, 5.41) is 8.64. The third-order valence-electron chi connectivity index (χ3n) is 2.16. The molecule has 0 amide bonds. The molecule has 2 rings (SSSR count). The van der Waals surface area contributed by atoms with Gasteiger partial charge < -0.3 is 9.67 Å². The summed E-state index contributed by atoms with van der Waals surface area (Å²) >= 11 is 0. The highest BCUT2D eigenvalue weighted by atomic mass is 16.4. The number of nitrogens with zero attached hydrogens (tertiary/aromatic N) is 1. The lowest BCUT2D eigenvalue weighted by Gasteiger charge is -2.00. The quantitative estimate of drug-likeness (QED) is 0.826. The minimum Gasteiger partial charge on any atom is -0.481 e. The van der Waals surface area contributed by atoms with Gasteiger partial charge in [0.05, 0.1) is 6.42 Å². The fraction of sp³-hybridized carbons (Fsp3) is 0.0833. The Morgan fingerprint density at radius 1 is 1.20 bits per heavy atom. The van der Waals surface area contributed by atoms with Crippen molar-refractivity contribution in [1.82, 2.24) is 4.57 Å². The van der Waals surface area contributed by atoms with E-state index in [2.05, 4.69) is 0 Å². The number of carbonyl (C=O) groups is 1. The number of carboxylic acids is 1. The van der Waals surface area contributed by atoms with Gasteiger partial charge in [-0.1, -0.05) is 18.2 Å². The average molecular weight is 201 g/mol. The molecule has 0 fully saturated rings. The summed E-state index contributed by atoms with van der Waals surface area (Å²) < 4.78 is 1.91. The standard InChI is InChI=1S/C12H11NO2/c14-12(15)8-10-6-7-13(9-10)11-4-2-1-3-5-11/h1-7,9H,8H2,(H,14,15). The zero-order chi connectivity index (χ0) is 10.7. The summed E-state index contributed by atoms with van der Waals surface area (Å²) in [5.41, 5.74) is 1.85. The molecule has 0 saturated carbocycles. The largest absolute Gasteiger partial charge is 0.481 e. The molecule has 3 heteroatoms. The van der Waals surface area contributed by atoms with E-state index in [-0.39, 0.29) is 6.42 Å². The van der Waals surface area contributed by atoms with Crippen LogP contribution in [0.3, 0.4) is 0 Å². The molecular formula is C12H11NO2. The SMILES string of the molecule is O=C(O)Cc1ccn(-c2ccccc2)c1. The molecule has 1 N–H and O–H groups in total. The fourth-order valence-electron chi connectivity index (χ4n) is 1.48. The number of benzene rings is 1.